The number of amides is 4. The fourth-order valence-corrected chi connectivity index (χ4v) is 8.70. The Hall–Kier alpha value is -6.03. The number of hydrogen-bond acceptors (Lipinski definition) is 11. The van der Waals surface area contributed by atoms with Gasteiger partial charge in [-0.05, 0) is 106 Å². The molecule has 2 aromatic carbocycles. The third-order valence-electron chi connectivity index (χ3n) is 12.0. The minimum absolute atomic E-state index is 0.0437. The van der Waals surface area contributed by atoms with E-state index < -0.39 is 29.4 Å². The first kappa shape index (κ1) is 45.5. The van der Waals surface area contributed by atoms with Crippen LogP contribution in [0.1, 0.15) is 108 Å². The second-order valence-corrected chi connectivity index (χ2v) is 16.5. The molecule has 3 aliphatic rings. The normalized spacial score (nSPS) is 22.0. The van der Waals surface area contributed by atoms with Crippen molar-refractivity contribution in [1.29, 1.82) is 5.41 Å². The zero-order valence-electron chi connectivity index (χ0n) is 36.3. The Morgan fingerprint density at radius 1 is 1.13 bits per heavy atom. The van der Waals surface area contributed by atoms with Gasteiger partial charge in [-0.3, -0.25) is 29.5 Å². The number of hydrogen-bond donors (Lipinski definition) is 4. The SMILES string of the molecule is CCC[C@@H](C(=O)NC=O)c1c(F)cc(CCN2CC[C@H](N(C)C(=O)c3ccc4c(c3)N3C[C@H](C)CCCO/C(NC)=C(/C=N)c5cc(cc(C)n5)C(=O)/N=C/3N4)C[C@@H]2C)cc1F. The molecule has 6 rings (SSSR count). The van der Waals surface area contributed by atoms with Crippen LogP contribution in [0.4, 0.5) is 20.2 Å². The fourth-order valence-electron chi connectivity index (χ4n) is 8.70. The van der Waals surface area contributed by atoms with Crippen molar-refractivity contribution in [2.24, 2.45) is 10.9 Å². The molecule has 0 aliphatic carbocycles. The molecule has 0 saturated carbocycles. The Morgan fingerprint density at radius 2 is 1.89 bits per heavy atom. The first-order valence-electron chi connectivity index (χ1n) is 21.4. The number of allylic oxidation sites excluding steroid dienone is 1. The van der Waals surface area contributed by atoms with Crippen molar-refractivity contribution in [1.82, 2.24) is 25.4 Å². The lowest BCUT2D eigenvalue weighted by molar-refractivity contribution is -0.126. The number of ether oxygens (including phenoxy) is 1. The Balaban J connectivity index is 1.15. The Kier molecular flexibility index (Phi) is 14.8. The summed E-state index contributed by atoms with van der Waals surface area (Å²) in [6.45, 7) is 9.97. The molecule has 4 heterocycles. The molecule has 3 aliphatic heterocycles. The van der Waals surface area contributed by atoms with Gasteiger partial charge in [0.15, 0.2) is 5.88 Å². The first-order chi connectivity index (χ1) is 29.8. The van der Waals surface area contributed by atoms with E-state index in [2.05, 4.69) is 39.4 Å². The van der Waals surface area contributed by atoms with Gasteiger partial charge in [-0.25, -0.2) is 8.78 Å². The molecule has 62 heavy (non-hydrogen) atoms. The molecule has 1 aromatic heterocycles. The largest absolute Gasteiger partial charge is 0.479 e. The van der Waals surface area contributed by atoms with Crippen molar-refractivity contribution < 1.29 is 32.7 Å². The van der Waals surface area contributed by atoms with Crippen molar-refractivity contribution in [3.63, 3.8) is 0 Å². The Labute approximate surface area is 361 Å². The number of halogens is 2. The highest BCUT2D eigenvalue weighted by Crippen LogP contribution is 2.36. The van der Waals surface area contributed by atoms with E-state index in [1.54, 1.807) is 44.0 Å². The standard InChI is InChI=1S/C46H57F2N9O5/c1-7-9-34(43(60)51-26-58)41-36(47)20-30(21-37(41)48)13-15-56-16-14-33(19-29(56)4)55(6)45(61)31-11-12-38-40(23-31)57-25-27(2)10-8-17-62-44(50-5)35(24-49)39-22-32(18-28(3)52-39)42(59)54-46(57)53-38/h11-12,18,20-24,26-27,29,33-34,49-50H,7-10,13-17,19,25H2,1-6H3,(H,51,58,60)(H,53,54,59)/b44-35-,49-24?/t27-,29+,33+,34-/m1/s1. The van der Waals surface area contributed by atoms with Crippen LogP contribution in [-0.4, -0.2) is 104 Å². The minimum Gasteiger partial charge on any atom is -0.479 e. The predicted molar refractivity (Wildman–Crippen MR) is 235 cm³/mol. The molecule has 4 atom stereocenters. The molecule has 0 spiro atoms. The molecule has 3 aromatic rings. The number of likely N-dealkylation sites (tertiary alicyclic amines) is 1. The average Bonchev–Trinajstić information content (AvgIpc) is 3.57. The number of imide groups is 1. The molecular weight excluding hydrogens is 797 g/mol. The summed E-state index contributed by atoms with van der Waals surface area (Å²) in [6.07, 6.45) is 5.43. The first-order valence-corrected chi connectivity index (χ1v) is 21.4. The summed E-state index contributed by atoms with van der Waals surface area (Å²) < 4.78 is 36.7. The van der Waals surface area contributed by atoms with Crippen molar-refractivity contribution in [3.8, 4) is 0 Å². The lowest BCUT2D eigenvalue weighted by atomic mass is 9.91. The molecule has 14 nitrogen and oxygen atoms in total. The Morgan fingerprint density at radius 3 is 2.56 bits per heavy atom. The molecule has 1 fully saturated rings. The van der Waals surface area contributed by atoms with Gasteiger partial charge in [0.1, 0.15) is 11.6 Å². The molecule has 1 saturated heterocycles. The third kappa shape index (κ3) is 10.2. The van der Waals surface area contributed by atoms with Gasteiger partial charge >= 0.3 is 0 Å². The van der Waals surface area contributed by atoms with Gasteiger partial charge in [-0.2, -0.15) is 4.99 Å². The van der Waals surface area contributed by atoms with Crippen molar-refractivity contribution in [3.05, 3.63) is 93.6 Å². The molecule has 4 N–H and O–H groups in total. The molecular formula is C46H57F2N9O5. The number of nitrogens with one attached hydrogen (secondary N) is 4. The van der Waals surface area contributed by atoms with Crippen LogP contribution < -0.4 is 20.9 Å². The Bertz CT molecular complexity index is 2240. The maximum absolute atomic E-state index is 15.3. The smallest absolute Gasteiger partial charge is 0.280 e. The van der Waals surface area contributed by atoms with E-state index in [-0.39, 0.29) is 42.3 Å². The number of anilines is 2. The van der Waals surface area contributed by atoms with Crippen LogP contribution in [-0.2, 0) is 20.7 Å². The van der Waals surface area contributed by atoms with E-state index >= 15 is 8.78 Å². The summed E-state index contributed by atoms with van der Waals surface area (Å²) in [5.41, 5.74) is 3.87. The number of carbonyl (C=O) groups is 4. The lowest BCUT2D eigenvalue weighted by Gasteiger charge is -2.41. The zero-order chi connectivity index (χ0) is 44.7. The van der Waals surface area contributed by atoms with E-state index in [1.807, 2.05) is 29.4 Å². The van der Waals surface area contributed by atoms with E-state index in [9.17, 15) is 19.2 Å². The van der Waals surface area contributed by atoms with Gasteiger partial charge < -0.3 is 35.5 Å². The summed E-state index contributed by atoms with van der Waals surface area (Å²) in [6, 6.07) is 11.3. The highest BCUT2D eigenvalue weighted by Gasteiger charge is 2.33. The number of fused-ring (bicyclic) bond motifs is 5. The summed E-state index contributed by atoms with van der Waals surface area (Å²) in [5.74, 6) is -3.14. The molecule has 330 valence electrons. The van der Waals surface area contributed by atoms with Crippen LogP contribution in [0, 0.1) is 29.9 Å². The van der Waals surface area contributed by atoms with Crippen molar-refractivity contribution in [2.45, 2.75) is 90.6 Å². The van der Waals surface area contributed by atoms with Crippen LogP contribution in [0.25, 0.3) is 5.57 Å². The topological polar surface area (TPSA) is 172 Å². The van der Waals surface area contributed by atoms with Gasteiger partial charge in [0.2, 0.25) is 18.3 Å². The number of guanidine groups is 1. The van der Waals surface area contributed by atoms with Crippen molar-refractivity contribution >= 4 is 53.3 Å². The second kappa shape index (κ2) is 20.2. The van der Waals surface area contributed by atoms with Crippen LogP contribution >= 0.6 is 0 Å². The highest BCUT2D eigenvalue weighted by atomic mass is 19.1. The molecule has 16 heteroatoms. The third-order valence-corrected chi connectivity index (χ3v) is 12.0. The van der Waals surface area contributed by atoms with Crippen LogP contribution in [0.2, 0.25) is 0 Å². The fraction of sp³-hybridized carbons (Fsp3) is 0.457. The number of pyridine rings is 1. The van der Waals surface area contributed by atoms with Gasteiger partial charge in [-0.1, -0.05) is 20.3 Å². The van der Waals surface area contributed by atoms with Crippen LogP contribution in [0.5, 0.6) is 0 Å². The number of nitrogens with zero attached hydrogens (tertiary/aromatic N) is 5. The number of aliphatic imine (C=N–C) groups is 1. The van der Waals surface area contributed by atoms with Gasteiger partial charge in [0.25, 0.3) is 11.8 Å². The van der Waals surface area contributed by atoms with Crippen LogP contribution in [0.3, 0.4) is 0 Å². The summed E-state index contributed by atoms with van der Waals surface area (Å²) in [4.78, 5) is 66.4. The lowest BCUT2D eigenvalue weighted by Crippen LogP contribution is -2.49. The average molecular weight is 854 g/mol. The summed E-state index contributed by atoms with van der Waals surface area (Å²) >= 11 is 0. The minimum atomic E-state index is -1.10. The van der Waals surface area contributed by atoms with Crippen molar-refractivity contribution in [2.75, 3.05) is 50.6 Å². The monoisotopic (exact) mass is 853 g/mol. The quantitative estimate of drug-likeness (QED) is 0.118. The second-order valence-electron chi connectivity index (χ2n) is 16.5. The van der Waals surface area contributed by atoms with Crippen LogP contribution in [0.15, 0.2) is 53.3 Å². The molecule has 0 unspecified atom stereocenters. The number of rotatable bonds is 12. The molecule has 2 bridgehead atoms. The number of carbonyl (C=O) groups excluding carboxylic acids is 4. The molecule has 0 radical (unpaired) electrons. The number of piperidine rings is 1. The number of benzene rings is 2. The van der Waals surface area contributed by atoms with E-state index in [0.29, 0.717) is 97.4 Å². The summed E-state index contributed by atoms with van der Waals surface area (Å²) in [7, 11) is 3.54. The maximum Gasteiger partial charge on any atom is 0.280 e. The van der Waals surface area contributed by atoms with E-state index in [1.165, 1.54) is 12.1 Å². The van der Waals surface area contributed by atoms with E-state index in [0.717, 1.165) is 30.4 Å². The maximum atomic E-state index is 15.3. The van der Waals surface area contributed by atoms with Gasteiger partial charge in [0.05, 0.1) is 35.2 Å². The highest BCUT2D eigenvalue weighted by molar-refractivity contribution is 6.20. The number of aromatic nitrogens is 1. The number of aryl methyl sites for hydroxylation is 1. The zero-order valence-corrected chi connectivity index (χ0v) is 36.3. The summed E-state index contributed by atoms with van der Waals surface area (Å²) in [5, 5.41) is 16.5. The van der Waals surface area contributed by atoms with E-state index in [4.69, 9.17) is 10.1 Å². The van der Waals surface area contributed by atoms with Gasteiger partial charge in [0, 0.05) is 74.4 Å². The predicted octanol–water partition coefficient (Wildman–Crippen LogP) is 6.40. The van der Waals surface area contributed by atoms with Gasteiger partial charge in [-0.15, -0.1) is 0 Å². The molecule has 4 amide bonds.